The molecule has 0 amide bonds. The summed E-state index contributed by atoms with van der Waals surface area (Å²) in [5.74, 6) is -2.56. The standard InChI is InChI=1S/C25H27F3O4S/c1-14-9-15(2)23(16(3)10-14)24-21(29)11-18(12-22(24)30)17(4)13-33(31,32)20-7-5-19(6-8-20)25(26,27)28/h5-10,17-18,24H,11-13H2,1-4H3. The van der Waals surface area contributed by atoms with E-state index >= 15 is 0 Å². The molecule has 33 heavy (non-hydrogen) atoms. The summed E-state index contributed by atoms with van der Waals surface area (Å²) in [6.45, 7) is 7.36. The number of aryl methyl sites for hydroxylation is 3. The summed E-state index contributed by atoms with van der Waals surface area (Å²) in [7, 11) is -3.88. The quantitative estimate of drug-likeness (QED) is 0.540. The fraction of sp³-hybridized carbons (Fsp3) is 0.440. The molecule has 4 nitrogen and oxygen atoms in total. The van der Waals surface area contributed by atoms with Gasteiger partial charge in [-0.3, -0.25) is 9.59 Å². The molecule has 1 atom stereocenters. The van der Waals surface area contributed by atoms with Crippen molar-refractivity contribution < 1.29 is 31.2 Å². The van der Waals surface area contributed by atoms with Crippen LogP contribution in [0.1, 0.15) is 53.5 Å². The zero-order chi connectivity index (χ0) is 24.7. The third-order valence-corrected chi connectivity index (χ3v) is 8.38. The van der Waals surface area contributed by atoms with E-state index in [4.69, 9.17) is 0 Å². The molecule has 0 saturated heterocycles. The highest BCUT2D eigenvalue weighted by atomic mass is 32.2. The van der Waals surface area contributed by atoms with E-state index in [-0.39, 0.29) is 35.1 Å². The minimum absolute atomic E-state index is 0.0901. The number of carbonyl (C=O) groups is 2. The molecule has 0 N–H and O–H groups in total. The topological polar surface area (TPSA) is 68.3 Å². The smallest absolute Gasteiger partial charge is 0.299 e. The van der Waals surface area contributed by atoms with E-state index in [0.29, 0.717) is 0 Å². The van der Waals surface area contributed by atoms with E-state index in [9.17, 15) is 31.2 Å². The first-order chi connectivity index (χ1) is 15.2. The van der Waals surface area contributed by atoms with Crippen LogP contribution in [-0.4, -0.2) is 25.7 Å². The number of rotatable bonds is 5. The highest BCUT2D eigenvalue weighted by Gasteiger charge is 2.40. The Balaban J connectivity index is 1.76. The highest BCUT2D eigenvalue weighted by Crippen LogP contribution is 2.38. The number of halogens is 3. The summed E-state index contributed by atoms with van der Waals surface area (Å²) in [4.78, 5) is 25.8. The molecule has 3 rings (SSSR count). The van der Waals surface area contributed by atoms with E-state index < -0.39 is 39.3 Å². The molecule has 1 saturated carbocycles. The number of benzene rings is 2. The SMILES string of the molecule is Cc1cc(C)c(C2C(=O)CC(C(C)CS(=O)(=O)c3ccc(C(F)(F)F)cc3)CC2=O)c(C)c1. The molecule has 0 bridgehead atoms. The highest BCUT2D eigenvalue weighted by molar-refractivity contribution is 7.91. The van der Waals surface area contributed by atoms with Gasteiger partial charge in [0, 0.05) is 12.8 Å². The third-order valence-electron chi connectivity index (χ3n) is 6.43. The van der Waals surface area contributed by atoms with Crippen molar-refractivity contribution >= 4 is 21.4 Å². The van der Waals surface area contributed by atoms with Gasteiger partial charge in [-0.2, -0.15) is 13.2 Å². The maximum Gasteiger partial charge on any atom is 0.416 e. The Morgan fingerprint density at radius 2 is 1.42 bits per heavy atom. The number of Topliss-reactive ketones (excluding diaryl/α,β-unsaturated/α-hetero) is 2. The zero-order valence-electron chi connectivity index (χ0n) is 19.0. The number of alkyl halides is 3. The van der Waals surface area contributed by atoms with Crippen LogP contribution in [0.25, 0.3) is 0 Å². The average molecular weight is 481 g/mol. The molecular formula is C25H27F3O4S. The lowest BCUT2D eigenvalue weighted by atomic mass is 9.71. The van der Waals surface area contributed by atoms with Crippen molar-refractivity contribution in [2.24, 2.45) is 11.8 Å². The molecule has 178 valence electrons. The number of sulfone groups is 1. The van der Waals surface area contributed by atoms with E-state index in [1.165, 1.54) is 0 Å². The second kappa shape index (κ2) is 9.05. The van der Waals surface area contributed by atoms with Gasteiger partial charge in [0.05, 0.1) is 16.2 Å². The van der Waals surface area contributed by atoms with Gasteiger partial charge in [0.15, 0.2) is 9.84 Å². The first-order valence-corrected chi connectivity index (χ1v) is 12.4. The van der Waals surface area contributed by atoms with E-state index in [1.807, 2.05) is 32.9 Å². The van der Waals surface area contributed by atoms with Crippen molar-refractivity contribution in [3.8, 4) is 0 Å². The van der Waals surface area contributed by atoms with Crippen LogP contribution in [0.3, 0.4) is 0 Å². The number of hydrogen-bond donors (Lipinski definition) is 0. The summed E-state index contributed by atoms with van der Waals surface area (Å²) in [5, 5.41) is 0. The maximum atomic E-state index is 13.0. The van der Waals surface area contributed by atoms with Gasteiger partial charge < -0.3 is 0 Å². The van der Waals surface area contributed by atoms with E-state index in [0.717, 1.165) is 46.5 Å². The molecular weight excluding hydrogens is 453 g/mol. The van der Waals surface area contributed by atoms with Crippen LogP contribution in [0, 0.1) is 32.6 Å². The normalized spacial score (nSPS) is 20.7. The average Bonchev–Trinajstić information content (AvgIpc) is 2.68. The molecule has 8 heteroatoms. The number of hydrogen-bond acceptors (Lipinski definition) is 4. The zero-order valence-corrected chi connectivity index (χ0v) is 19.8. The van der Waals surface area contributed by atoms with Gasteiger partial charge in [0.2, 0.25) is 0 Å². The van der Waals surface area contributed by atoms with E-state index in [2.05, 4.69) is 0 Å². The first-order valence-electron chi connectivity index (χ1n) is 10.7. The first kappa shape index (κ1) is 25.1. The van der Waals surface area contributed by atoms with Crippen LogP contribution < -0.4 is 0 Å². The van der Waals surface area contributed by atoms with Gasteiger partial charge in [-0.05, 0) is 73.6 Å². The molecule has 1 unspecified atom stereocenters. The van der Waals surface area contributed by atoms with Crippen molar-refractivity contribution in [1.82, 2.24) is 0 Å². The van der Waals surface area contributed by atoms with Gasteiger partial charge >= 0.3 is 6.18 Å². The Hall–Kier alpha value is -2.48. The van der Waals surface area contributed by atoms with Crippen molar-refractivity contribution in [2.75, 3.05) is 5.75 Å². The summed E-state index contributed by atoms with van der Waals surface area (Å²) >= 11 is 0. The van der Waals surface area contributed by atoms with Crippen molar-refractivity contribution in [3.63, 3.8) is 0 Å². The fourth-order valence-corrected chi connectivity index (χ4v) is 6.51. The van der Waals surface area contributed by atoms with Gasteiger partial charge in [-0.1, -0.05) is 24.6 Å². The maximum absolute atomic E-state index is 13.0. The van der Waals surface area contributed by atoms with Crippen LogP contribution in [0.4, 0.5) is 13.2 Å². The lowest BCUT2D eigenvalue weighted by Gasteiger charge is -2.31. The molecule has 1 aliphatic rings. The minimum Gasteiger partial charge on any atom is -0.299 e. The van der Waals surface area contributed by atoms with Crippen LogP contribution in [0.15, 0.2) is 41.3 Å². The van der Waals surface area contributed by atoms with Crippen LogP contribution >= 0.6 is 0 Å². The molecule has 1 fully saturated rings. The lowest BCUT2D eigenvalue weighted by Crippen LogP contribution is -2.36. The molecule has 0 aromatic heterocycles. The Morgan fingerprint density at radius 1 is 0.939 bits per heavy atom. The Kier molecular flexibility index (Phi) is 6.89. The van der Waals surface area contributed by atoms with E-state index in [1.54, 1.807) is 6.92 Å². The van der Waals surface area contributed by atoms with Crippen LogP contribution in [-0.2, 0) is 25.6 Å². The number of ketones is 2. The Labute approximate surface area is 192 Å². The minimum atomic E-state index is -4.55. The fourth-order valence-electron chi connectivity index (χ4n) is 4.80. The molecule has 0 aliphatic heterocycles. The predicted octanol–water partition coefficient (Wildman–Crippen LogP) is 5.37. The number of carbonyl (C=O) groups excluding carboxylic acids is 2. The summed E-state index contributed by atoms with van der Waals surface area (Å²) < 4.78 is 63.8. The van der Waals surface area contributed by atoms with Crippen LogP contribution in [0.2, 0.25) is 0 Å². The molecule has 0 spiro atoms. The van der Waals surface area contributed by atoms with Gasteiger partial charge in [0.1, 0.15) is 17.5 Å². The van der Waals surface area contributed by atoms with Crippen LogP contribution in [0.5, 0.6) is 0 Å². The van der Waals surface area contributed by atoms with Crippen molar-refractivity contribution in [3.05, 3.63) is 64.2 Å². The molecule has 0 heterocycles. The lowest BCUT2D eigenvalue weighted by molar-refractivity contribution is -0.138. The van der Waals surface area contributed by atoms with Gasteiger partial charge in [-0.25, -0.2) is 8.42 Å². The Bertz CT molecular complexity index is 1140. The molecule has 0 radical (unpaired) electrons. The Morgan fingerprint density at radius 3 is 1.88 bits per heavy atom. The monoisotopic (exact) mass is 480 g/mol. The van der Waals surface area contributed by atoms with Gasteiger partial charge in [0.25, 0.3) is 0 Å². The van der Waals surface area contributed by atoms with Gasteiger partial charge in [-0.15, -0.1) is 0 Å². The summed E-state index contributed by atoms with van der Waals surface area (Å²) in [5.41, 5.74) is 2.63. The predicted molar refractivity (Wildman–Crippen MR) is 119 cm³/mol. The molecule has 1 aliphatic carbocycles. The second-order valence-electron chi connectivity index (χ2n) is 9.13. The second-order valence-corrected chi connectivity index (χ2v) is 11.2. The molecule has 2 aromatic rings. The summed E-state index contributed by atoms with van der Waals surface area (Å²) in [6, 6.07) is 7.24. The largest absolute Gasteiger partial charge is 0.416 e. The van der Waals surface area contributed by atoms with Crippen molar-refractivity contribution in [2.45, 2.75) is 57.5 Å². The molecule has 2 aromatic carbocycles. The van der Waals surface area contributed by atoms with Crippen molar-refractivity contribution in [1.29, 1.82) is 0 Å². The third kappa shape index (κ3) is 5.37. The summed E-state index contributed by atoms with van der Waals surface area (Å²) in [6.07, 6.45) is -4.37.